The van der Waals surface area contributed by atoms with Crippen molar-refractivity contribution in [2.24, 2.45) is 0 Å². The summed E-state index contributed by atoms with van der Waals surface area (Å²) in [6.07, 6.45) is 0. The molecule has 15 heavy (non-hydrogen) atoms. The molecule has 80 valence electrons. The molecule has 0 heterocycles. The molecule has 1 aromatic rings. The maximum atomic E-state index is 13.2. The van der Waals surface area contributed by atoms with Gasteiger partial charge in [-0.1, -0.05) is 23.8 Å². The zero-order valence-corrected chi connectivity index (χ0v) is 9.07. The normalized spacial score (nSPS) is 9.80. The number of benzene rings is 1. The number of amides is 1. The lowest BCUT2D eigenvalue weighted by Crippen LogP contribution is -2.25. The Kier molecular flexibility index (Phi) is 3.86. The van der Waals surface area contributed by atoms with Crippen LogP contribution in [0.25, 0.3) is 0 Å². The highest BCUT2D eigenvalue weighted by Gasteiger charge is 2.11. The van der Waals surface area contributed by atoms with E-state index in [1.54, 1.807) is 6.92 Å². The second kappa shape index (κ2) is 4.94. The molecule has 0 spiro atoms. The summed E-state index contributed by atoms with van der Waals surface area (Å²) in [5, 5.41) is 2.86. The maximum absolute atomic E-state index is 13.2. The van der Waals surface area contributed by atoms with Gasteiger partial charge in [-0.3, -0.25) is 4.79 Å². The van der Waals surface area contributed by atoms with Gasteiger partial charge in [0.2, 0.25) is 0 Å². The molecule has 1 amide bonds. The molecule has 0 unspecified atom stereocenters. The first kappa shape index (κ1) is 11.7. The third-order valence-corrected chi connectivity index (χ3v) is 1.96. The first-order valence-corrected chi connectivity index (χ1v) is 4.76. The fraction of sp³-hybridized carbons (Fsp3) is 0.182. The number of carbonyl (C=O) groups is 1. The van der Waals surface area contributed by atoms with Gasteiger partial charge in [0.15, 0.2) is 0 Å². The molecule has 0 fully saturated rings. The van der Waals surface area contributed by atoms with E-state index in [4.69, 9.17) is 11.6 Å². The lowest BCUT2D eigenvalue weighted by atomic mass is 10.2. The zero-order chi connectivity index (χ0) is 11.4. The molecule has 2 nitrogen and oxygen atoms in total. The minimum absolute atomic E-state index is 0.0521. The smallest absolute Gasteiger partial charge is 0.254 e. The number of hydrogen-bond acceptors (Lipinski definition) is 1. The Hall–Kier alpha value is -1.35. The summed E-state index contributed by atoms with van der Waals surface area (Å²) in [4.78, 5) is 11.5. The molecule has 0 aliphatic rings. The van der Waals surface area contributed by atoms with Gasteiger partial charge < -0.3 is 5.32 Å². The van der Waals surface area contributed by atoms with Crippen LogP contribution in [0.3, 0.4) is 0 Å². The van der Waals surface area contributed by atoms with E-state index >= 15 is 0 Å². The summed E-state index contributed by atoms with van der Waals surface area (Å²) >= 11 is 5.66. The van der Waals surface area contributed by atoms with Crippen LogP contribution in [-0.2, 0) is 0 Å². The predicted octanol–water partition coefficient (Wildman–Crippen LogP) is 2.79. The van der Waals surface area contributed by atoms with Crippen molar-refractivity contribution in [3.8, 4) is 0 Å². The molecule has 1 rings (SSSR count). The molecule has 0 aliphatic carbocycles. The Morgan fingerprint density at radius 2 is 2.27 bits per heavy atom. The van der Waals surface area contributed by atoms with E-state index in [9.17, 15) is 9.18 Å². The molecule has 0 aliphatic heterocycles. The van der Waals surface area contributed by atoms with Crippen LogP contribution in [0.1, 0.15) is 17.3 Å². The number of nitrogens with one attached hydrogen (secondary N) is 1. The van der Waals surface area contributed by atoms with Gasteiger partial charge in [-0.25, -0.2) is 4.39 Å². The van der Waals surface area contributed by atoms with Crippen LogP contribution in [-0.4, -0.2) is 12.5 Å². The summed E-state index contributed by atoms with van der Waals surface area (Å²) in [5.41, 5.74) is 0.745. The third-order valence-electron chi connectivity index (χ3n) is 1.72. The molecule has 0 radical (unpaired) electrons. The molecule has 0 atom stereocenters. The molecule has 0 saturated carbocycles. The minimum Gasteiger partial charge on any atom is -0.348 e. The molecule has 4 heteroatoms. The van der Waals surface area contributed by atoms with Crippen molar-refractivity contribution in [1.82, 2.24) is 5.32 Å². The second-order valence-electron chi connectivity index (χ2n) is 3.26. The van der Waals surface area contributed by atoms with E-state index in [1.807, 2.05) is 0 Å². The van der Waals surface area contributed by atoms with Gasteiger partial charge in [0.25, 0.3) is 5.91 Å². The lowest BCUT2D eigenvalue weighted by Gasteiger charge is -2.05. The van der Waals surface area contributed by atoms with E-state index in [0.717, 1.165) is 11.6 Å². The Labute approximate surface area is 92.7 Å². The van der Waals surface area contributed by atoms with Gasteiger partial charge in [-0.15, -0.1) is 0 Å². The molecule has 0 saturated heterocycles. The van der Waals surface area contributed by atoms with Gasteiger partial charge in [0, 0.05) is 11.6 Å². The van der Waals surface area contributed by atoms with Gasteiger partial charge in [-0.2, -0.15) is 0 Å². The van der Waals surface area contributed by atoms with Crippen molar-refractivity contribution in [1.29, 1.82) is 0 Å². The van der Waals surface area contributed by atoms with Crippen LogP contribution < -0.4 is 5.32 Å². The number of hydrogen-bond donors (Lipinski definition) is 1. The maximum Gasteiger partial charge on any atom is 0.254 e. The van der Waals surface area contributed by atoms with Crippen molar-refractivity contribution < 1.29 is 9.18 Å². The number of halogens is 2. The Morgan fingerprint density at radius 3 is 2.87 bits per heavy atom. The summed E-state index contributed by atoms with van der Waals surface area (Å²) in [5.74, 6) is -1.07. The largest absolute Gasteiger partial charge is 0.348 e. The average molecular weight is 228 g/mol. The van der Waals surface area contributed by atoms with E-state index in [1.165, 1.54) is 12.1 Å². The van der Waals surface area contributed by atoms with Crippen molar-refractivity contribution in [3.63, 3.8) is 0 Å². The third kappa shape index (κ3) is 3.36. The second-order valence-corrected chi connectivity index (χ2v) is 3.70. The SMILES string of the molecule is C=C(C)CNC(=O)c1cc(Cl)ccc1F. The fourth-order valence-corrected chi connectivity index (χ4v) is 1.17. The summed E-state index contributed by atoms with van der Waals surface area (Å²) in [6, 6.07) is 3.86. The molecule has 0 bridgehead atoms. The minimum atomic E-state index is -0.585. The van der Waals surface area contributed by atoms with Crippen LogP contribution in [0, 0.1) is 5.82 Å². The Balaban J connectivity index is 2.81. The van der Waals surface area contributed by atoms with E-state index in [0.29, 0.717) is 11.6 Å². The van der Waals surface area contributed by atoms with E-state index in [2.05, 4.69) is 11.9 Å². The topological polar surface area (TPSA) is 29.1 Å². The van der Waals surface area contributed by atoms with E-state index < -0.39 is 11.7 Å². The average Bonchev–Trinajstić information content (AvgIpc) is 2.18. The summed E-state index contributed by atoms with van der Waals surface area (Å²) < 4.78 is 13.2. The molecule has 1 aromatic carbocycles. The van der Waals surface area contributed by atoms with Crippen LogP contribution >= 0.6 is 11.6 Å². The monoisotopic (exact) mass is 227 g/mol. The molecule has 0 aromatic heterocycles. The Bertz CT molecular complexity index is 404. The van der Waals surface area contributed by atoms with Crippen molar-refractivity contribution in [2.45, 2.75) is 6.92 Å². The standard InChI is InChI=1S/C11H11ClFNO/c1-7(2)6-14-11(15)9-5-8(12)3-4-10(9)13/h3-5H,1,6H2,2H3,(H,14,15). The van der Waals surface area contributed by atoms with Crippen molar-refractivity contribution >= 4 is 17.5 Å². The molecular weight excluding hydrogens is 217 g/mol. The first-order chi connectivity index (χ1) is 7.00. The van der Waals surface area contributed by atoms with Crippen LogP contribution in [0.2, 0.25) is 5.02 Å². The van der Waals surface area contributed by atoms with Gasteiger partial charge in [-0.05, 0) is 25.1 Å². The van der Waals surface area contributed by atoms with Crippen LogP contribution in [0.15, 0.2) is 30.4 Å². The summed E-state index contributed by atoms with van der Waals surface area (Å²) in [6.45, 7) is 5.72. The summed E-state index contributed by atoms with van der Waals surface area (Å²) in [7, 11) is 0. The van der Waals surface area contributed by atoms with Crippen LogP contribution in [0.4, 0.5) is 4.39 Å². The zero-order valence-electron chi connectivity index (χ0n) is 8.31. The van der Waals surface area contributed by atoms with Gasteiger partial charge in [0.05, 0.1) is 5.56 Å². The number of carbonyl (C=O) groups excluding carboxylic acids is 1. The molecular formula is C11H11ClFNO. The van der Waals surface area contributed by atoms with Crippen LogP contribution in [0.5, 0.6) is 0 Å². The quantitative estimate of drug-likeness (QED) is 0.791. The first-order valence-electron chi connectivity index (χ1n) is 4.38. The van der Waals surface area contributed by atoms with Gasteiger partial charge in [0.1, 0.15) is 5.82 Å². The van der Waals surface area contributed by atoms with E-state index in [-0.39, 0.29) is 5.56 Å². The fourth-order valence-electron chi connectivity index (χ4n) is 0.998. The highest BCUT2D eigenvalue weighted by atomic mass is 35.5. The van der Waals surface area contributed by atoms with Crippen molar-refractivity contribution in [3.05, 3.63) is 46.8 Å². The number of rotatable bonds is 3. The highest BCUT2D eigenvalue weighted by molar-refractivity contribution is 6.30. The lowest BCUT2D eigenvalue weighted by molar-refractivity contribution is 0.0953. The highest BCUT2D eigenvalue weighted by Crippen LogP contribution is 2.14. The van der Waals surface area contributed by atoms with Crippen molar-refractivity contribution in [2.75, 3.05) is 6.54 Å². The molecule has 1 N–H and O–H groups in total. The predicted molar refractivity (Wildman–Crippen MR) is 58.6 cm³/mol. The van der Waals surface area contributed by atoms with Gasteiger partial charge >= 0.3 is 0 Å². The Morgan fingerprint density at radius 1 is 1.60 bits per heavy atom.